The molecule has 1 aliphatic rings. The van der Waals surface area contributed by atoms with Crippen LogP contribution in [0.2, 0.25) is 0 Å². The van der Waals surface area contributed by atoms with Gasteiger partial charge in [-0.3, -0.25) is 9.59 Å². The van der Waals surface area contributed by atoms with Gasteiger partial charge in [0.15, 0.2) is 0 Å². The standard InChI is InChI=1S/C16H28O4/c1-3-5-11-19-15(17)13-7-9-14(10-8-13)16(18)20-12-6-4-2/h13-14H,3-12H2,1-2H3. The number of carbonyl (C=O) groups is 2. The molecule has 4 heteroatoms. The van der Waals surface area contributed by atoms with Crippen molar-refractivity contribution < 1.29 is 19.1 Å². The van der Waals surface area contributed by atoms with Crippen molar-refractivity contribution in [2.45, 2.75) is 65.2 Å². The number of ether oxygens (including phenoxy) is 2. The van der Waals surface area contributed by atoms with Crippen molar-refractivity contribution in [3.63, 3.8) is 0 Å². The molecule has 0 heterocycles. The van der Waals surface area contributed by atoms with Crippen molar-refractivity contribution in [3.05, 3.63) is 0 Å². The normalized spacial score (nSPS) is 22.3. The highest BCUT2D eigenvalue weighted by molar-refractivity contribution is 5.75. The first-order valence-electron chi connectivity index (χ1n) is 8.02. The van der Waals surface area contributed by atoms with E-state index in [4.69, 9.17) is 9.47 Å². The Morgan fingerprint density at radius 3 is 1.45 bits per heavy atom. The molecule has 0 atom stereocenters. The minimum atomic E-state index is -0.0868. The summed E-state index contributed by atoms with van der Waals surface area (Å²) in [5.74, 6) is -0.217. The summed E-state index contributed by atoms with van der Waals surface area (Å²) >= 11 is 0. The highest BCUT2D eigenvalue weighted by Gasteiger charge is 2.31. The molecule has 0 spiro atoms. The van der Waals surface area contributed by atoms with E-state index in [1.165, 1.54) is 0 Å². The molecule has 0 aliphatic heterocycles. The lowest BCUT2D eigenvalue weighted by atomic mass is 9.82. The summed E-state index contributed by atoms with van der Waals surface area (Å²) in [6, 6.07) is 0. The van der Waals surface area contributed by atoms with E-state index in [2.05, 4.69) is 13.8 Å². The van der Waals surface area contributed by atoms with Crippen molar-refractivity contribution >= 4 is 11.9 Å². The number of rotatable bonds is 8. The van der Waals surface area contributed by atoms with Gasteiger partial charge in [0.2, 0.25) is 0 Å². The van der Waals surface area contributed by atoms with Gasteiger partial charge in [0, 0.05) is 0 Å². The van der Waals surface area contributed by atoms with Crippen LogP contribution in [0.3, 0.4) is 0 Å². The first-order chi connectivity index (χ1) is 9.69. The smallest absolute Gasteiger partial charge is 0.308 e. The zero-order chi connectivity index (χ0) is 14.8. The second-order valence-corrected chi connectivity index (χ2v) is 5.59. The van der Waals surface area contributed by atoms with E-state index < -0.39 is 0 Å². The molecule has 1 aliphatic carbocycles. The molecule has 1 saturated carbocycles. The van der Waals surface area contributed by atoms with Crippen LogP contribution in [-0.4, -0.2) is 25.2 Å². The fourth-order valence-corrected chi connectivity index (χ4v) is 2.43. The molecule has 1 fully saturated rings. The van der Waals surface area contributed by atoms with Crippen LogP contribution in [-0.2, 0) is 19.1 Å². The molecule has 0 N–H and O–H groups in total. The van der Waals surface area contributed by atoms with E-state index in [-0.39, 0.29) is 23.8 Å². The first kappa shape index (κ1) is 17.0. The van der Waals surface area contributed by atoms with E-state index in [0.29, 0.717) is 13.2 Å². The van der Waals surface area contributed by atoms with E-state index in [0.717, 1.165) is 51.4 Å². The third-order valence-electron chi connectivity index (χ3n) is 3.88. The van der Waals surface area contributed by atoms with Gasteiger partial charge in [-0.05, 0) is 38.5 Å². The molecule has 0 unspecified atom stereocenters. The number of hydrogen-bond donors (Lipinski definition) is 0. The maximum absolute atomic E-state index is 11.8. The third-order valence-corrected chi connectivity index (χ3v) is 3.88. The summed E-state index contributed by atoms with van der Waals surface area (Å²) in [5, 5.41) is 0. The van der Waals surface area contributed by atoms with E-state index >= 15 is 0 Å². The molecular formula is C16H28O4. The molecule has 0 radical (unpaired) electrons. The zero-order valence-corrected chi connectivity index (χ0v) is 12.9. The number of unbranched alkanes of at least 4 members (excludes halogenated alkanes) is 2. The maximum Gasteiger partial charge on any atom is 0.308 e. The second kappa shape index (κ2) is 9.78. The average Bonchev–Trinajstić information content (AvgIpc) is 2.47. The summed E-state index contributed by atoms with van der Waals surface area (Å²) in [6.45, 7) is 5.19. The van der Waals surface area contributed by atoms with Crippen LogP contribution in [0.15, 0.2) is 0 Å². The lowest BCUT2D eigenvalue weighted by Crippen LogP contribution is -2.28. The highest BCUT2D eigenvalue weighted by atomic mass is 16.5. The van der Waals surface area contributed by atoms with Crippen LogP contribution in [0.1, 0.15) is 65.2 Å². The lowest BCUT2D eigenvalue weighted by Gasteiger charge is -2.25. The van der Waals surface area contributed by atoms with Gasteiger partial charge in [-0.2, -0.15) is 0 Å². The predicted octanol–water partition coefficient (Wildman–Crippen LogP) is 3.48. The summed E-state index contributed by atoms with van der Waals surface area (Å²) < 4.78 is 10.5. The second-order valence-electron chi connectivity index (χ2n) is 5.59. The Balaban J connectivity index is 2.21. The summed E-state index contributed by atoms with van der Waals surface area (Å²) in [4.78, 5) is 23.6. The van der Waals surface area contributed by atoms with E-state index in [9.17, 15) is 9.59 Å². The van der Waals surface area contributed by atoms with Crippen LogP contribution in [0, 0.1) is 11.8 Å². The van der Waals surface area contributed by atoms with Crippen molar-refractivity contribution in [1.82, 2.24) is 0 Å². The molecule has 0 aromatic carbocycles. The van der Waals surface area contributed by atoms with Crippen LogP contribution >= 0.6 is 0 Å². The van der Waals surface area contributed by atoms with E-state index in [1.807, 2.05) is 0 Å². The zero-order valence-electron chi connectivity index (χ0n) is 12.9. The number of hydrogen-bond acceptors (Lipinski definition) is 4. The van der Waals surface area contributed by atoms with Crippen molar-refractivity contribution in [3.8, 4) is 0 Å². The van der Waals surface area contributed by atoms with Gasteiger partial charge in [-0.15, -0.1) is 0 Å². The van der Waals surface area contributed by atoms with Crippen molar-refractivity contribution in [2.24, 2.45) is 11.8 Å². The molecular weight excluding hydrogens is 256 g/mol. The fraction of sp³-hybridized carbons (Fsp3) is 0.875. The van der Waals surface area contributed by atoms with Crippen LogP contribution < -0.4 is 0 Å². The van der Waals surface area contributed by atoms with Crippen LogP contribution in [0.5, 0.6) is 0 Å². The Bertz CT molecular complexity index is 263. The van der Waals surface area contributed by atoms with Crippen molar-refractivity contribution in [2.75, 3.05) is 13.2 Å². The fourth-order valence-electron chi connectivity index (χ4n) is 2.43. The molecule has 1 rings (SSSR count). The van der Waals surface area contributed by atoms with Crippen molar-refractivity contribution in [1.29, 1.82) is 0 Å². The van der Waals surface area contributed by atoms with Crippen LogP contribution in [0.4, 0.5) is 0 Å². The maximum atomic E-state index is 11.8. The van der Waals surface area contributed by atoms with Gasteiger partial charge in [0.1, 0.15) is 0 Å². The lowest BCUT2D eigenvalue weighted by molar-refractivity contribution is -0.155. The Morgan fingerprint density at radius 2 is 1.15 bits per heavy atom. The quantitative estimate of drug-likeness (QED) is 0.506. The van der Waals surface area contributed by atoms with Gasteiger partial charge in [-0.25, -0.2) is 0 Å². The molecule has 0 amide bonds. The molecule has 0 saturated heterocycles. The molecule has 0 bridgehead atoms. The third kappa shape index (κ3) is 5.93. The van der Waals surface area contributed by atoms with Gasteiger partial charge < -0.3 is 9.47 Å². The van der Waals surface area contributed by atoms with Gasteiger partial charge in [-0.1, -0.05) is 26.7 Å². The summed E-state index contributed by atoms with van der Waals surface area (Å²) in [7, 11) is 0. The Kier molecular flexibility index (Phi) is 8.31. The average molecular weight is 284 g/mol. The SMILES string of the molecule is CCCCOC(=O)C1CCC(C(=O)OCCCC)CC1. The van der Waals surface area contributed by atoms with Crippen LogP contribution in [0.25, 0.3) is 0 Å². The molecule has 0 aromatic heterocycles. The highest BCUT2D eigenvalue weighted by Crippen LogP contribution is 2.30. The van der Waals surface area contributed by atoms with Gasteiger partial charge >= 0.3 is 11.9 Å². The van der Waals surface area contributed by atoms with Gasteiger partial charge in [0.25, 0.3) is 0 Å². The molecule has 20 heavy (non-hydrogen) atoms. The summed E-state index contributed by atoms with van der Waals surface area (Å²) in [5.41, 5.74) is 0. The minimum Gasteiger partial charge on any atom is -0.465 e. The Hall–Kier alpha value is -1.06. The monoisotopic (exact) mass is 284 g/mol. The topological polar surface area (TPSA) is 52.6 Å². The van der Waals surface area contributed by atoms with E-state index in [1.54, 1.807) is 0 Å². The summed E-state index contributed by atoms with van der Waals surface area (Å²) in [6.07, 6.45) is 6.90. The first-order valence-corrected chi connectivity index (χ1v) is 8.02. The molecule has 4 nitrogen and oxygen atoms in total. The number of esters is 2. The number of carbonyl (C=O) groups excluding carboxylic acids is 2. The van der Waals surface area contributed by atoms with Gasteiger partial charge in [0.05, 0.1) is 25.0 Å². The largest absolute Gasteiger partial charge is 0.465 e. The minimum absolute atomic E-state index is 0.0217. The Morgan fingerprint density at radius 1 is 0.800 bits per heavy atom. The predicted molar refractivity (Wildman–Crippen MR) is 77.2 cm³/mol. The molecule has 0 aromatic rings. The molecule has 116 valence electrons. The Labute approximate surface area is 122 Å².